The van der Waals surface area contributed by atoms with Crippen LogP contribution >= 0.6 is 11.6 Å². The molecule has 0 radical (unpaired) electrons. The van der Waals surface area contributed by atoms with Gasteiger partial charge in [0.1, 0.15) is 5.69 Å². The average molecular weight is 444 g/mol. The molecule has 0 spiro atoms. The Hall–Kier alpha value is -2.38. The fraction of sp³-hybridized carbons (Fsp3) is 0.522. The van der Waals surface area contributed by atoms with Gasteiger partial charge in [-0.2, -0.15) is 0 Å². The van der Waals surface area contributed by atoms with Crippen LogP contribution in [0.2, 0.25) is 5.02 Å². The lowest BCUT2D eigenvalue weighted by atomic mass is 9.92. The van der Waals surface area contributed by atoms with Crippen molar-refractivity contribution in [2.45, 2.75) is 25.7 Å². The summed E-state index contributed by atoms with van der Waals surface area (Å²) in [6.07, 6.45) is 7.35. The number of rotatable bonds is 6. The molecule has 2 aliphatic rings. The van der Waals surface area contributed by atoms with Gasteiger partial charge in [0.15, 0.2) is 0 Å². The van der Waals surface area contributed by atoms with Crippen molar-refractivity contribution in [3.05, 3.63) is 53.1 Å². The number of amides is 2. The summed E-state index contributed by atoms with van der Waals surface area (Å²) in [5.41, 5.74) is 1.11. The van der Waals surface area contributed by atoms with E-state index in [1.165, 1.54) is 6.33 Å². The van der Waals surface area contributed by atoms with Crippen molar-refractivity contribution in [1.29, 1.82) is 0 Å². The summed E-state index contributed by atoms with van der Waals surface area (Å²) in [4.78, 5) is 36.0. The molecule has 0 aliphatic carbocycles. The Kier molecular flexibility index (Phi) is 7.25. The molecule has 0 atom stereocenters. The predicted octanol–water partition coefficient (Wildman–Crippen LogP) is 3.06. The lowest BCUT2D eigenvalue weighted by Gasteiger charge is -2.37. The van der Waals surface area contributed by atoms with Crippen LogP contribution in [0.15, 0.2) is 36.8 Å². The highest BCUT2D eigenvalue weighted by atomic mass is 35.5. The van der Waals surface area contributed by atoms with Crippen molar-refractivity contribution in [3.63, 3.8) is 0 Å². The Labute approximate surface area is 188 Å². The number of aromatic nitrogens is 2. The van der Waals surface area contributed by atoms with Gasteiger partial charge in [0.25, 0.3) is 11.8 Å². The van der Waals surface area contributed by atoms with E-state index in [2.05, 4.69) is 20.2 Å². The average Bonchev–Trinajstić information content (AvgIpc) is 3.34. The Bertz CT molecular complexity index is 872. The molecule has 2 amide bonds. The number of halogens is 1. The van der Waals surface area contributed by atoms with E-state index in [0.717, 1.165) is 58.4 Å². The first-order chi connectivity index (χ1) is 15.1. The molecular weight excluding hydrogens is 414 g/mol. The van der Waals surface area contributed by atoms with Crippen molar-refractivity contribution in [2.24, 2.45) is 11.8 Å². The van der Waals surface area contributed by atoms with Crippen molar-refractivity contribution in [2.75, 3.05) is 39.3 Å². The smallest absolute Gasteiger partial charge is 0.269 e. The minimum atomic E-state index is -0.0852. The summed E-state index contributed by atoms with van der Waals surface area (Å²) in [5.74, 6) is 1.12. The molecule has 1 aromatic carbocycles. The number of nitrogens with zero attached hydrogens (tertiary/aromatic N) is 3. The second-order valence-electron chi connectivity index (χ2n) is 8.63. The number of H-pyrrole nitrogens is 1. The molecule has 3 heterocycles. The van der Waals surface area contributed by atoms with E-state index in [0.29, 0.717) is 34.7 Å². The molecule has 7 nitrogen and oxygen atoms in total. The monoisotopic (exact) mass is 443 g/mol. The predicted molar refractivity (Wildman–Crippen MR) is 120 cm³/mol. The highest BCUT2D eigenvalue weighted by Crippen LogP contribution is 2.25. The molecule has 4 rings (SSSR count). The molecule has 8 heteroatoms. The number of hydrogen-bond donors (Lipinski definition) is 2. The van der Waals surface area contributed by atoms with Crippen molar-refractivity contribution in [1.82, 2.24) is 25.1 Å². The van der Waals surface area contributed by atoms with E-state index < -0.39 is 0 Å². The van der Waals surface area contributed by atoms with Gasteiger partial charge in [-0.05, 0) is 62.7 Å². The first-order valence-electron chi connectivity index (χ1n) is 11.1. The quantitative estimate of drug-likeness (QED) is 0.719. The first kappa shape index (κ1) is 21.8. The zero-order valence-corrected chi connectivity index (χ0v) is 18.5. The van der Waals surface area contributed by atoms with Crippen LogP contribution in [-0.2, 0) is 0 Å². The molecule has 1 aromatic heterocycles. The number of likely N-dealkylation sites (tertiary alicyclic amines) is 2. The number of carbonyl (C=O) groups is 2. The Morgan fingerprint density at radius 1 is 1.06 bits per heavy atom. The number of benzene rings is 1. The van der Waals surface area contributed by atoms with Crippen LogP contribution in [0, 0.1) is 11.8 Å². The lowest BCUT2D eigenvalue weighted by molar-refractivity contribution is 0.0652. The molecule has 2 aliphatic heterocycles. The van der Waals surface area contributed by atoms with Crippen LogP contribution in [-0.4, -0.2) is 70.9 Å². The first-order valence-corrected chi connectivity index (χ1v) is 11.5. The molecule has 2 N–H and O–H groups in total. The highest BCUT2D eigenvalue weighted by Gasteiger charge is 2.27. The largest absolute Gasteiger partial charge is 0.350 e. The Morgan fingerprint density at radius 2 is 1.77 bits per heavy atom. The standard InChI is InChI=1S/C23H30ClN5O2/c24-20-4-2-1-3-19(20)23(31)29-11-7-18(8-12-29)15-28-9-5-17(6-10-28)13-26-22(30)21-14-25-16-27-21/h1-4,14,16-18H,5-13,15H2,(H,25,27)(H,26,30). The van der Waals surface area contributed by atoms with Crippen LogP contribution in [0.3, 0.4) is 0 Å². The molecular formula is C23H30ClN5O2. The normalized spacial score (nSPS) is 18.8. The van der Waals surface area contributed by atoms with Gasteiger partial charge in [0, 0.05) is 26.2 Å². The lowest BCUT2D eigenvalue weighted by Crippen LogP contribution is -2.44. The number of imidazole rings is 1. The minimum Gasteiger partial charge on any atom is -0.350 e. The molecule has 0 saturated carbocycles. The molecule has 0 unspecified atom stereocenters. The van der Waals surface area contributed by atoms with E-state index in [4.69, 9.17) is 11.6 Å². The highest BCUT2D eigenvalue weighted by molar-refractivity contribution is 6.33. The van der Waals surface area contributed by atoms with Crippen molar-refractivity contribution >= 4 is 23.4 Å². The SMILES string of the molecule is O=C(NCC1CCN(CC2CCN(C(=O)c3ccccc3Cl)CC2)CC1)c1cnc[nH]1. The van der Waals surface area contributed by atoms with Gasteiger partial charge in [0.05, 0.1) is 23.1 Å². The summed E-state index contributed by atoms with van der Waals surface area (Å²) < 4.78 is 0. The maximum atomic E-state index is 12.7. The van der Waals surface area contributed by atoms with Gasteiger partial charge in [-0.25, -0.2) is 4.98 Å². The van der Waals surface area contributed by atoms with Crippen LogP contribution in [0.5, 0.6) is 0 Å². The van der Waals surface area contributed by atoms with Gasteiger partial charge in [-0.1, -0.05) is 23.7 Å². The third kappa shape index (κ3) is 5.66. The van der Waals surface area contributed by atoms with Gasteiger partial charge >= 0.3 is 0 Å². The summed E-state index contributed by atoms with van der Waals surface area (Å²) >= 11 is 6.19. The number of carbonyl (C=O) groups excluding carboxylic acids is 2. The summed E-state index contributed by atoms with van der Waals surface area (Å²) in [6.45, 7) is 5.55. The molecule has 31 heavy (non-hydrogen) atoms. The Balaban J connectivity index is 1.15. The Morgan fingerprint density at radius 3 is 2.45 bits per heavy atom. The molecule has 0 bridgehead atoms. The van der Waals surface area contributed by atoms with Crippen LogP contribution in [0.25, 0.3) is 0 Å². The van der Waals surface area contributed by atoms with Gasteiger partial charge in [0.2, 0.25) is 0 Å². The summed E-state index contributed by atoms with van der Waals surface area (Å²) in [6, 6.07) is 7.28. The van der Waals surface area contributed by atoms with Gasteiger partial charge in [-0.3, -0.25) is 9.59 Å². The fourth-order valence-electron chi connectivity index (χ4n) is 4.57. The number of nitrogens with one attached hydrogen (secondary N) is 2. The van der Waals surface area contributed by atoms with Crippen LogP contribution in [0.1, 0.15) is 46.5 Å². The van der Waals surface area contributed by atoms with Gasteiger partial charge in [-0.15, -0.1) is 0 Å². The summed E-state index contributed by atoms with van der Waals surface area (Å²) in [5, 5.41) is 3.53. The van der Waals surface area contributed by atoms with E-state index in [1.54, 1.807) is 18.3 Å². The molecule has 2 aromatic rings. The molecule has 166 valence electrons. The van der Waals surface area contributed by atoms with Crippen LogP contribution in [0.4, 0.5) is 0 Å². The third-order valence-corrected chi connectivity index (χ3v) is 6.85. The number of aromatic amines is 1. The van der Waals surface area contributed by atoms with Crippen molar-refractivity contribution in [3.8, 4) is 0 Å². The van der Waals surface area contributed by atoms with Crippen LogP contribution < -0.4 is 5.32 Å². The topological polar surface area (TPSA) is 81.3 Å². The van der Waals surface area contributed by atoms with Crippen molar-refractivity contribution < 1.29 is 9.59 Å². The minimum absolute atomic E-state index is 0.0436. The number of piperidine rings is 2. The number of hydrogen-bond acceptors (Lipinski definition) is 4. The third-order valence-electron chi connectivity index (χ3n) is 6.52. The van der Waals surface area contributed by atoms with E-state index in [1.807, 2.05) is 17.0 Å². The second kappa shape index (κ2) is 10.3. The van der Waals surface area contributed by atoms with E-state index >= 15 is 0 Å². The summed E-state index contributed by atoms with van der Waals surface area (Å²) in [7, 11) is 0. The maximum Gasteiger partial charge on any atom is 0.269 e. The maximum absolute atomic E-state index is 12.7. The molecule has 2 saturated heterocycles. The zero-order valence-electron chi connectivity index (χ0n) is 17.7. The molecule has 2 fully saturated rings. The van der Waals surface area contributed by atoms with Gasteiger partial charge < -0.3 is 20.1 Å². The fourth-order valence-corrected chi connectivity index (χ4v) is 4.79. The van der Waals surface area contributed by atoms with E-state index in [9.17, 15) is 9.59 Å². The second-order valence-corrected chi connectivity index (χ2v) is 9.04. The zero-order chi connectivity index (χ0) is 21.6. The van der Waals surface area contributed by atoms with E-state index in [-0.39, 0.29) is 11.8 Å².